The van der Waals surface area contributed by atoms with Crippen LogP contribution in [0, 0.1) is 11.7 Å². The SMILES string of the molecule is O=C1C2C=CC(C(O)c3c(F)cccc3Cl)N(Nc3ccccc3)C2C(=O)N1c1ccccc1. The van der Waals surface area contributed by atoms with Gasteiger partial charge in [0.05, 0.1) is 17.6 Å². The summed E-state index contributed by atoms with van der Waals surface area (Å²) in [4.78, 5) is 28.0. The molecule has 1 fully saturated rings. The van der Waals surface area contributed by atoms with Crippen LogP contribution >= 0.6 is 11.6 Å². The standard InChI is InChI=1S/C26H21ClFN3O3/c27-19-12-7-13-20(28)22(19)24(32)21-15-14-18-23(31(21)29-16-8-3-1-4-9-16)26(34)30(25(18)33)17-10-5-2-6-11-17/h1-15,18,21,23-24,29,32H. The van der Waals surface area contributed by atoms with Gasteiger partial charge in [-0.1, -0.05) is 66.2 Å². The van der Waals surface area contributed by atoms with Crippen LogP contribution in [-0.2, 0) is 9.59 Å². The van der Waals surface area contributed by atoms with E-state index in [9.17, 15) is 19.1 Å². The summed E-state index contributed by atoms with van der Waals surface area (Å²) in [5.74, 6) is -2.24. The summed E-state index contributed by atoms with van der Waals surface area (Å²) in [6, 6.07) is 20.1. The maximum Gasteiger partial charge on any atom is 0.254 e. The summed E-state index contributed by atoms with van der Waals surface area (Å²) in [6.45, 7) is 0. The number of carbonyl (C=O) groups excluding carboxylic acids is 2. The second kappa shape index (κ2) is 9.02. The quantitative estimate of drug-likeness (QED) is 0.422. The van der Waals surface area contributed by atoms with Crippen molar-refractivity contribution < 1.29 is 19.1 Å². The van der Waals surface area contributed by atoms with E-state index in [-0.39, 0.29) is 16.5 Å². The molecule has 4 atom stereocenters. The Morgan fingerprint density at radius 2 is 1.56 bits per heavy atom. The Balaban J connectivity index is 1.57. The lowest BCUT2D eigenvalue weighted by molar-refractivity contribution is -0.123. The van der Waals surface area contributed by atoms with Gasteiger partial charge < -0.3 is 10.5 Å². The second-order valence-corrected chi connectivity index (χ2v) is 8.57. The number of aliphatic hydroxyl groups excluding tert-OH is 1. The molecule has 0 saturated carbocycles. The van der Waals surface area contributed by atoms with E-state index in [1.165, 1.54) is 23.2 Å². The summed E-state index contributed by atoms with van der Waals surface area (Å²) < 4.78 is 14.7. The molecule has 8 heteroatoms. The van der Waals surface area contributed by atoms with Crippen molar-refractivity contribution in [3.63, 3.8) is 0 Å². The van der Waals surface area contributed by atoms with Crippen LogP contribution in [-0.4, -0.2) is 34.0 Å². The Hall–Kier alpha value is -3.52. The lowest BCUT2D eigenvalue weighted by Gasteiger charge is -2.40. The highest BCUT2D eigenvalue weighted by Crippen LogP contribution is 2.39. The number of para-hydroxylation sites is 2. The van der Waals surface area contributed by atoms with Gasteiger partial charge in [-0.2, -0.15) is 0 Å². The monoisotopic (exact) mass is 477 g/mol. The van der Waals surface area contributed by atoms with Crippen LogP contribution in [0.25, 0.3) is 0 Å². The molecule has 2 heterocycles. The predicted octanol–water partition coefficient (Wildman–Crippen LogP) is 4.34. The van der Waals surface area contributed by atoms with Crippen molar-refractivity contribution in [3.05, 3.63) is 107 Å². The maximum absolute atomic E-state index is 14.7. The molecule has 0 aliphatic carbocycles. The molecule has 0 spiro atoms. The average molecular weight is 478 g/mol. The lowest BCUT2D eigenvalue weighted by Crippen LogP contribution is -2.55. The molecule has 172 valence electrons. The van der Waals surface area contributed by atoms with E-state index < -0.39 is 35.8 Å². The Bertz CT molecular complexity index is 1230. The van der Waals surface area contributed by atoms with Gasteiger partial charge in [-0.15, -0.1) is 0 Å². The fourth-order valence-corrected chi connectivity index (χ4v) is 4.80. The van der Waals surface area contributed by atoms with E-state index in [2.05, 4.69) is 5.43 Å². The Morgan fingerprint density at radius 1 is 0.882 bits per heavy atom. The van der Waals surface area contributed by atoms with Crippen molar-refractivity contribution >= 4 is 34.8 Å². The number of anilines is 2. The van der Waals surface area contributed by atoms with Crippen molar-refractivity contribution in [2.24, 2.45) is 5.92 Å². The highest BCUT2D eigenvalue weighted by molar-refractivity contribution is 6.31. The number of imide groups is 1. The van der Waals surface area contributed by atoms with Crippen molar-refractivity contribution in [2.75, 3.05) is 10.3 Å². The molecular weight excluding hydrogens is 457 g/mol. The molecule has 4 unspecified atom stereocenters. The van der Waals surface area contributed by atoms with Crippen molar-refractivity contribution in [3.8, 4) is 0 Å². The lowest BCUT2D eigenvalue weighted by atomic mass is 9.90. The van der Waals surface area contributed by atoms with Gasteiger partial charge >= 0.3 is 0 Å². The number of fused-ring (bicyclic) bond motifs is 1. The summed E-state index contributed by atoms with van der Waals surface area (Å²) >= 11 is 6.23. The molecule has 2 aliphatic heterocycles. The van der Waals surface area contributed by atoms with E-state index in [4.69, 9.17) is 11.6 Å². The first kappa shape index (κ1) is 22.3. The third-order valence-electron chi connectivity index (χ3n) is 6.12. The molecule has 5 rings (SSSR count). The first-order valence-corrected chi connectivity index (χ1v) is 11.2. The first-order chi connectivity index (χ1) is 16.5. The number of hydrogen-bond acceptors (Lipinski definition) is 5. The van der Waals surface area contributed by atoms with Crippen LogP contribution in [0.5, 0.6) is 0 Å². The van der Waals surface area contributed by atoms with E-state index >= 15 is 0 Å². The number of carbonyl (C=O) groups is 2. The van der Waals surface area contributed by atoms with Gasteiger partial charge in [-0.05, 0) is 36.4 Å². The molecule has 6 nitrogen and oxygen atoms in total. The predicted molar refractivity (Wildman–Crippen MR) is 127 cm³/mol. The average Bonchev–Trinajstić information content (AvgIpc) is 3.10. The molecule has 3 aromatic rings. The number of halogens is 2. The fourth-order valence-electron chi connectivity index (χ4n) is 4.53. The van der Waals surface area contributed by atoms with Gasteiger partial charge in [0.1, 0.15) is 18.0 Å². The minimum absolute atomic E-state index is 0.0717. The zero-order chi connectivity index (χ0) is 23.8. The first-order valence-electron chi connectivity index (χ1n) is 10.8. The zero-order valence-electron chi connectivity index (χ0n) is 17.9. The molecule has 0 radical (unpaired) electrons. The number of nitrogens with zero attached hydrogens (tertiary/aromatic N) is 2. The van der Waals surface area contributed by atoms with Crippen LogP contribution < -0.4 is 10.3 Å². The molecule has 2 N–H and O–H groups in total. The highest BCUT2D eigenvalue weighted by Gasteiger charge is 2.54. The van der Waals surface area contributed by atoms with Crippen LogP contribution in [0.1, 0.15) is 11.7 Å². The van der Waals surface area contributed by atoms with Crippen molar-refractivity contribution in [1.82, 2.24) is 5.01 Å². The van der Waals surface area contributed by atoms with Gasteiger partial charge in [0.15, 0.2) is 0 Å². The molecule has 34 heavy (non-hydrogen) atoms. The van der Waals surface area contributed by atoms with E-state index in [0.29, 0.717) is 11.4 Å². The Morgan fingerprint density at radius 3 is 2.24 bits per heavy atom. The van der Waals surface area contributed by atoms with Gasteiger partial charge in [0.25, 0.3) is 5.91 Å². The molecular formula is C26H21ClFN3O3. The Labute approximate surface area is 200 Å². The summed E-state index contributed by atoms with van der Waals surface area (Å²) in [5, 5.41) is 12.8. The maximum atomic E-state index is 14.7. The number of hydrogen-bond donors (Lipinski definition) is 2. The molecule has 0 bridgehead atoms. The number of nitrogens with one attached hydrogen (secondary N) is 1. The Kier molecular flexibility index (Phi) is 5.91. The topological polar surface area (TPSA) is 72.9 Å². The minimum atomic E-state index is -1.41. The minimum Gasteiger partial charge on any atom is -0.386 e. The second-order valence-electron chi connectivity index (χ2n) is 8.16. The van der Waals surface area contributed by atoms with Crippen LogP contribution in [0.3, 0.4) is 0 Å². The fraction of sp³-hybridized carbons (Fsp3) is 0.154. The van der Waals surface area contributed by atoms with Crippen LogP contribution in [0.2, 0.25) is 5.02 Å². The largest absolute Gasteiger partial charge is 0.386 e. The van der Waals surface area contributed by atoms with E-state index in [1.807, 2.05) is 18.2 Å². The molecule has 3 aromatic carbocycles. The number of amides is 2. The normalized spacial score (nSPS) is 23.1. The summed E-state index contributed by atoms with van der Waals surface area (Å²) in [6.07, 6.45) is 1.82. The van der Waals surface area contributed by atoms with Gasteiger partial charge in [0.2, 0.25) is 5.91 Å². The number of aliphatic hydroxyl groups is 1. The number of hydrazine groups is 1. The van der Waals surface area contributed by atoms with E-state index in [1.54, 1.807) is 54.6 Å². The number of benzene rings is 3. The van der Waals surface area contributed by atoms with E-state index in [0.717, 1.165) is 4.90 Å². The van der Waals surface area contributed by atoms with Crippen molar-refractivity contribution in [2.45, 2.75) is 18.2 Å². The number of rotatable bonds is 5. The third kappa shape index (κ3) is 3.77. The van der Waals surface area contributed by atoms with Gasteiger partial charge in [-0.3, -0.25) is 9.59 Å². The van der Waals surface area contributed by atoms with Gasteiger partial charge in [0, 0.05) is 16.3 Å². The molecule has 0 aromatic heterocycles. The molecule has 1 saturated heterocycles. The van der Waals surface area contributed by atoms with Crippen LogP contribution in [0.4, 0.5) is 15.8 Å². The summed E-state index contributed by atoms with van der Waals surface area (Å²) in [7, 11) is 0. The highest BCUT2D eigenvalue weighted by atomic mass is 35.5. The smallest absolute Gasteiger partial charge is 0.254 e. The zero-order valence-corrected chi connectivity index (χ0v) is 18.6. The van der Waals surface area contributed by atoms with Crippen LogP contribution in [0.15, 0.2) is 91.0 Å². The molecule has 2 aliphatic rings. The molecule has 2 amide bonds. The summed E-state index contributed by atoms with van der Waals surface area (Å²) in [5.41, 5.74) is 4.21. The third-order valence-corrected chi connectivity index (χ3v) is 6.45. The van der Waals surface area contributed by atoms with Gasteiger partial charge in [-0.25, -0.2) is 14.3 Å². The van der Waals surface area contributed by atoms with Crippen molar-refractivity contribution in [1.29, 1.82) is 0 Å².